The van der Waals surface area contributed by atoms with E-state index in [-0.39, 0.29) is 19.1 Å². The molecule has 8 rings (SSSR count). The molecule has 14 heteroatoms. The number of aryl methyl sites for hydroxylation is 4. The van der Waals surface area contributed by atoms with E-state index in [1.807, 2.05) is 111 Å². The second-order valence-corrected chi connectivity index (χ2v) is 17.3. The number of nitrogens with one attached hydrogen (secondary N) is 2. The third-order valence-corrected chi connectivity index (χ3v) is 12.4. The number of allylic oxidation sites excluding steroid dienone is 2. The molecule has 3 aromatic carbocycles. The van der Waals surface area contributed by atoms with Crippen LogP contribution in [0.3, 0.4) is 0 Å². The number of carbonyl (C=O) groups excluding carboxylic acids is 3. The number of para-hydroxylation sites is 2. The number of benzene rings is 3. The fourth-order valence-electron chi connectivity index (χ4n) is 9.24. The Hall–Kier alpha value is -7.46. The summed E-state index contributed by atoms with van der Waals surface area (Å²) in [5, 5.41) is 7.43. The van der Waals surface area contributed by atoms with Crippen molar-refractivity contribution in [2.24, 2.45) is 12.0 Å². The number of aromatic nitrogens is 3. The summed E-state index contributed by atoms with van der Waals surface area (Å²) >= 11 is 0. The second-order valence-electron chi connectivity index (χ2n) is 17.3. The molecule has 0 atom stereocenters. The van der Waals surface area contributed by atoms with Crippen molar-refractivity contribution in [2.45, 2.75) is 40.7 Å². The maximum Gasteiger partial charge on any atom is 0.433 e. The maximum absolute atomic E-state index is 13.7. The van der Waals surface area contributed by atoms with Crippen molar-refractivity contribution in [1.29, 1.82) is 0 Å². The molecule has 3 aromatic heterocycles. The highest BCUT2D eigenvalue weighted by atomic mass is 16.5. The molecule has 2 N–H and O–H groups in total. The lowest BCUT2D eigenvalue weighted by Crippen LogP contribution is -2.26. The third-order valence-electron chi connectivity index (χ3n) is 12.4. The quantitative estimate of drug-likeness (QED) is 0.0397. The van der Waals surface area contributed by atoms with Crippen molar-refractivity contribution < 1.29 is 33.3 Å². The number of rotatable bonds is 18. The summed E-state index contributed by atoms with van der Waals surface area (Å²) in [6.45, 7) is 10.9. The predicted molar refractivity (Wildman–Crippen MR) is 277 cm³/mol. The van der Waals surface area contributed by atoms with Gasteiger partial charge in [0.2, 0.25) is 0 Å². The van der Waals surface area contributed by atoms with E-state index in [4.69, 9.17) is 23.9 Å². The van der Waals surface area contributed by atoms with Gasteiger partial charge in [0.15, 0.2) is 0 Å². The Morgan fingerprint density at radius 1 is 0.757 bits per heavy atom. The first kappa shape index (κ1) is 49.0. The van der Waals surface area contributed by atoms with Crippen LogP contribution in [0.4, 0.5) is 0 Å². The fraction of sp³-hybridized carbons (Fsp3) is 0.286. The van der Waals surface area contributed by atoms with E-state index >= 15 is 0 Å². The number of nitrogens with zero attached hydrogens (tertiary/aromatic N) is 4. The molecule has 356 valence electrons. The van der Waals surface area contributed by atoms with Gasteiger partial charge >= 0.3 is 6.85 Å². The Labute approximate surface area is 409 Å². The molecule has 2 aliphatic heterocycles. The largest absolute Gasteiger partial charge is 0.433 e. The average molecular weight is 937 g/mol. The second kappa shape index (κ2) is 22.3. The zero-order valence-electron chi connectivity index (χ0n) is 40.8. The zero-order chi connectivity index (χ0) is 49.3. The van der Waals surface area contributed by atoms with Gasteiger partial charge < -0.3 is 37.9 Å². The SMILES string of the molecule is COCCOCC#CB(C#CCOCCOC)n1c(C)cc(C)c1/C(=C1\N=C(C)C=C1C)c1ccc(C(=O)NCCCn2cc(C3=C(c4cn(C)c5ccccc45)C(=O)NC3=O)c3ccccc32)cc1. The Kier molecular flexibility index (Phi) is 15.6. The Morgan fingerprint density at radius 3 is 1.96 bits per heavy atom. The van der Waals surface area contributed by atoms with Crippen LogP contribution in [-0.4, -0.2) is 104 Å². The lowest BCUT2D eigenvalue weighted by atomic mass is 9.63. The number of fused-ring (bicyclic) bond motifs is 2. The molecule has 70 heavy (non-hydrogen) atoms. The van der Waals surface area contributed by atoms with Crippen LogP contribution < -0.4 is 10.6 Å². The lowest BCUT2D eigenvalue weighted by Gasteiger charge is -2.19. The first-order chi connectivity index (χ1) is 34.0. The number of hydrogen-bond donors (Lipinski definition) is 2. The summed E-state index contributed by atoms with van der Waals surface area (Å²) in [6.07, 6.45) is 6.54. The van der Waals surface area contributed by atoms with Crippen molar-refractivity contribution in [3.63, 3.8) is 0 Å². The predicted octanol–water partition coefficient (Wildman–Crippen LogP) is 7.37. The summed E-state index contributed by atoms with van der Waals surface area (Å²) in [7, 11) is 5.20. The first-order valence-corrected chi connectivity index (χ1v) is 23.4. The normalized spacial score (nSPS) is 14.1. The highest BCUT2D eigenvalue weighted by Crippen LogP contribution is 2.40. The lowest BCUT2D eigenvalue weighted by molar-refractivity contribution is -0.122. The summed E-state index contributed by atoms with van der Waals surface area (Å²) in [6, 6.07) is 25.5. The molecule has 6 aromatic rings. The molecule has 0 saturated heterocycles. The van der Waals surface area contributed by atoms with Crippen LogP contribution in [0.15, 0.2) is 114 Å². The van der Waals surface area contributed by atoms with Crippen LogP contribution in [-0.2, 0) is 42.1 Å². The maximum atomic E-state index is 13.7. The summed E-state index contributed by atoms with van der Waals surface area (Å²) in [4.78, 5) is 45.8. The molecule has 0 radical (unpaired) electrons. The van der Waals surface area contributed by atoms with Crippen molar-refractivity contribution >= 4 is 68.8 Å². The minimum Gasteiger partial charge on any atom is -0.382 e. The van der Waals surface area contributed by atoms with Gasteiger partial charge in [0.05, 0.1) is 43.3 Å². The van der Waals surface area contributed by atoms with Crippen LogP contribution in [0.5, 0.6) is 0 Å². The van der Waals surface area contributed by atoms with Crippen molar-refractivity contribution in [1.82, 2.24) is 24.2 Å². The molecule has 0 saturated carbocycles. The van der Waals surface area contributed by atoms with Crippen LogP contribution in [0.2, 0.25) is 0 Å². The molecular weight excluding hydrogens is 879 g/mol. The monoisotopic (exact) mass is 936 g/mol. The van der Waals surface area contributed by atoms with Crippen LogP contribution in [0.25, 0.3) is 38.5 Å². The standard InChI is InChI=1S/C56H57BN6O7/c1-37-33-39(3)59-52(37)49(53-38(2)34-40(4)63(53)57(23-12-27-69-31-29-67-6)24-13-28-70-32-30-68-7)41-19-21-42(22-20-41)54(64)58-25-14-26-62-36-46(44-16-9-11-18-48(44)62)51-50(55(65)60-56(51)66)45-35-61(5)47-17-10-8-15-43(45)47/h8-11,15-22,33-36H,14,25-32H2,1-7H3,(H,58,64)(H,60,65,66)/b52-49-. The van der Waals surface area contributed by atoms with E-state index in [0.29, 0.717) is 73.8 Å². The fourth-order valence-corrected chi connectivity index (χ4v) is 9.24. The van der Waals surface area contributed by atoms with Gasteiger partial charge in [0.25, 0.3) is 17.7 Å². The van der Waals surface area contributed by atoms with E-state index < -0.39 is 18.7 Å². The Morgan fingerprint density at radius 2 is 1.34 bits per heavy atom. The van der Waals surface area contributed by atoms with Gasteiger partial charge in [-0.1, -0.05) is 60.4 Å². The zero-order valence-corrected chi connectivity index (χ0v) is 40.8. The first-order valence-electron chi connectivity index (χ1n) is 23.4. The average Bonchev–Trinajstić information content (AvgIpc) is 4.14. The van der Waals surface area contributed by atoms with Gasteiger partial charge in [-0.15, -0.1) is 11.6 Å². The third kappa shape index (κ3) is 10.4. The summed E-state index contributed by atoms with van der Waals surface area (Å²) in [5.74, 6) is 12.0. The smallest absolute Gasteiger partial charge is 0.382 e. The van der Waals surface area contributed by atoms with Gasteiger partial charge in [-0.25, -0.2) is 0 Å². The molecule has 13 nitrogen and oxygen atoms in total. The molecule has 5 heterocycles. The topological polar surface area (TPSA) is 139 Å². The van der Waals surface area contributed by atoms with Crippen LogP contribution >= 0.6 is 0 Å². The van der Waals surface area contributed by atoms with E-state index in [1.54, 1.807) is 14.2 Å². The molecule has 3 amide bonds. The van der Waals surface area contributed by atoms with Crippen LogP contribution in [0.1, 0.15) is 64.3 Å². The van der Waals surface area contributed by atoms with E-state index in [1.165, 1.54) is 0 Å². The molecule has 0 bridgehead atoms. The van der Waals surface area contributed by atoms with Gasteiger partial charge in [-0.05, 0) is 87.2 Å². The number of imide groups is 1. The Balaban J connectivity index is 1.03. The number of carbonyl (C=O) groups is 3. The molecular formula is C56H57BN6O7. The van der Waals surface area contributed by atoms with Crippen LogP contribution in [0, 0.1) is 37.3 Å². The number of ether oxygens (including phenoxy) is 4. The van der Waals surface area contributed by atoms with Gasteiger partial charge in [-0.3, -0.25) is 24.7 Å². The Bertz CT molecular complexity index is 3220. The van der Waals surface area contributed by atoms with Gasteiger partial charge in [-0.2, -0.15) is 0 Å². The van der Waals surface area contributed by atoms with Gasteiger partial charge in [0.1, 0.15) is 13.2 Å². The minimum atomic E-state index is -0.538. The number of hydrogen-bond acceptors (Lipinski definition) is 8. The summed E-state index contributed by atoms with van der Waals surface area (Å²) < 4.78 is 27.8. The molecule has 0 spiro atoms. The van der Waals surface area contributed by atoms with Gasteiger partial charge in [0, 0.05) is 108 Å². The van der Waals surface area contributed by atoms with E-state index in [9.17, 15) is 14.4 Å². The van der Waals surface area contributed by atoms with E-state index in [0.717, 1.165) is 66.9 Å². The molecule has 0 unspecified atom stereocenters. The highest BCUT2D eigenvalue weighted by Gasteiger charge is 2.35. The van der Waals surface area contributed by atoms with Crippen molar-refractivity contribution in [3.05, 3.63) is 148 Å². The number of aliphatic imine (C=N–C) groups is 1. The van der Waals surface area contributed by atoms with Crippen molar-refractivity contribution in [2.75, 3.05) is 60.4 Å². The highest BCUT2D eigenvalue weighted by molar-refractivity contribution is 6.74. The number of amides is 3. The van der Waals surface area contributed by atoms with E-state index in [2.05, 4.69) is 69.1 Å². The van der Waals surface area contributed by atoms with Crippen molar-refractivity contribution in [3.8, 4) is 23.5 Å². The minimum absolute atomic E-state index is 0.197. The summed E-state index contributed by atoms with van der Waals surface area (Å²) in [5.41, 5.74) is 12.0. The number of methoxy groups -OCH3 is 2. The molecule has 0 fully saturated rings. The molecule has 0 aliphatic carbocycles. The molecule has 2 aliphatic rings.